The number of aromatic nitrogens is 1. The average molecular weight is 299 g/mol. The van der Waals surface area contributed by atoms with Crippen LogP contribution in [0.15, 0.2) is 0 Å². The molecule has 5 N–H and O–H groups in total. The number of nitrogens with two attached hydrogens (primary N) is 1. The third-order valence-electron chi connectivity index (χ3n) is 2.30. The number of hydrogen-bond donors (Lipinski definition) is 4. The molecule has 0 radical (unpaired) electrons. The molecule has 0 aromatic carbocycles. The minimum Gasteiger partial charge on any atom is -0.382 e. The molecule has 0 saturated carbocycles. The van der Waals surface area contributed by atoms with Crippen LogP contribution in [0.3, 0.4) is 0 Å². The van der Waals surface area contributed by atoms with Crippen molar-refractivity contribution in [2.45, 2.75) is 20.8 Å². The van der Waals surface area contributed by atoms with E-state index in [9.17, 15) is 9.59 Å². The molecular weight excluding hydrogens is 278 g/mol. The standard InChI is InChI=1S/C12H21N5O2S/c1-4-14-8(18)6-15-11(19)9-10(13)17-12(20-9)16-5-7(2)3/h7H,4-6,13H2,1-3H3,(H,14,18)(H,15,19)(H,16,17). The van der Waals surface area contributed by atoms with Crippen molar-refractivity contribution < 1.29 is 9.59 Å². The van der Waals surface area contributed by atoms with Gasteiger partial charge in [-0.2, -0.15) is 0 Å². The van der Waals surface area contributed by atoms with E-state index in [-0.39, 0.29) is 24.2 Å². The molecule has 1 aromatic rings. The molecule has 1 heterocycles. The van der Waals surface area contributed by atoms with Gasteiger partial charge in [0.2, 0.25) is 5.91 Å². The molecule has 0 saturated heterocycles. The quantitative estimate of drug-likeness (QED) is 0.591. The summed E-state index contributed by atoms with van der Waals surface area (Å²) in [7, 11) is 0. The van der Waals surface area contributed by atoms with Gasteiger partial charge in [-0.1, -0.05) is 25.2 Å². The summed E-state index contributed by atoms with van der Waals surface area (Å²) in [5.41, 5.74) is 5.71. The maximum atomic E-state index is 11.9. The molecule has 0 spiro atoms. The zero-order valence-electron chi connectivity index (χ0n) is 11.9. The number of carbonyl (C=O) groups excluding carboxylic acids is 2. The lowest BCUT2D eigenvalue weighted by Gasteiger charge is -2.04. The third kappa shape index (κ3) is 5.04. The van der Waals surface area contributed by atoms with Crippen molar-refractivity contribution in [2.24, 2.45) is 5.92 Å². The van der Waals surface area contributed by atoms with Crippen LogP contribution >= 0.6 is 11.3 Å². The van der Waals surface area contributed by atoms with E-state index in [4.69, 9.17) is 5.73 Å². The molecule has 8 heteroatoms. The van der Waals surface area contributed by atoms with Crippen LogP contribution in [0.25, 0.3) is 0 Å². The smallest absolute Gasteiger partial charge is 0.265 e. The molecule has 0 aliphatic heterocycles. The molecule has 0 atom stereocenters. The number of hydrogen-bond acceptors (Lipinski definition) is 6. The summed E-state index contributed by atoms with van der Waals surface area (Å²) in [6.45, 7) is 7.17. The van der Waals surface area contributed by atoms with Gasteiger partial charge < -0.3 is 21.7 Å². The van der Waals surface area contributed by atoms with Crippen LogP contribution in [0.5, 0.6) is 0 Å². The van der Waals surface area contributed by atoms with Gasteiger partial charge in [0.15, 0.2) is 5.13 Å². The van der Waals surface area contributed by atoms with Crippen LogP contribution < -0.4 is 21.7 Å². The minimum atomic E-state index is -0.385. The number of nitrogens with zero attached hydrogens (tertiary/aromatic N) is 1. The van der Waals surface area contributed by atoms with Gasteiger partial charge in [0, 0.05) is 13.1 Å². The molecule has 0 unspecified atom stereocenters. The lowest BCUT2D eigenvalue weighted by atomic mass is 10.2. The second kappa shape index (κ2) is 7.68. The first-order valence-corrected chi connectivity index (χ1v) is 7.30. The van der Waals surface area contributed by atoms with Crippen LogP contribution in [-0.2, 0) is 4.79 Å². The minimum absolute atomic E-state index is 0.0707. The highest BCUT2D eigenvalue weighted by Gasteiger charge is 2.16. The molecule has 0 aliphatic carbocycles. The fourth-order valence-electron chi connectivity index (χ4n) is 1.36. The number of thiazole rings is 1. The van der Waals surface area contributed by atoms with Crippen molar-refractivity contribution in [2.75, 3.05) is 30.7 Å². The summed E-state index contributed by atoms with van der Waals surface area (Å²) < 4.78 is 0. The molecule has 7 nitrogen and oxygen atoms in total. The average Bonchev–Trinajstić information content (AvgIpc) is 2.75. The van der Waals surface area contributed by atoms with Gasteiger partial charge >= 0.3 is 0 Å². The summed E-state index contributed by atoms with van der Waals surface area (Å²) in [6.07, 6.45) is 0. The Morgan fingerprint density at radius 3 is 2.65 bits per heavy atom. The first-order valence-electron chi connectivity index (χ1n) is 6.49. The molecule has 1 aromatic heterocycles. The van der Waals surface area contributed by atoms with E-state index < -0.39 is 0 Å². The van der Waals surface area contributed by atoms with Crippen molar-refractivity contribution in [1.82, 2.24) is 15.6 Å². The summed E-state index contributed by atoms with van der Waals surface area (Å²) in [5.74, 6) is 0.0238. The van der Waals surface area contributed by atoms with Gasteiger partial charge in [0.05, 0.1) is 6.54 Å². The highest BCUT2D eigenvalue weighted by Crippen LogP contribution is 2.24. The Bertz CT molecular complexity index is 472. The Balaban J connectivity index is 2.57. The zero-order valence-corrected chi connectivity index (χ0v) is 12.8. The molecule has 0 bridgehead atoms. The zero-order chi connectivity index (χ0) is 15.1. The van der Waals surface area contributed by atoms with Crippen molar-refractivity contribution in [3.63, 3.8) is 0 Å². The van der Waals surface area contributed by atoms with Gasteiger partial charge in [0.1, 0.15) is 10.7 Å². The number of amides is 2. The van der Waals surface area contributed by atoms with E-state index in [2.05, 4.69) is 34.8 Å². The van der Waals surface area contributed by atoms with Crippen LogP contribution in [0.2, 0.25) is 0 Å². The number of nitrogen functional groups attached to an aromatic ring is 1. The lowest BCUT2D eigenvalue weighted by Crippen LogP contribution is -2.36. The lowest BCUT2D eigenvalue weighted by molar-refractivity contribution is -0.120. The second-order valence-corrected chi connectivity index (χ2v) is 5.64. The Hall–Kier alpha value is -1.83. The van der Waals surface area contributed by atoms with Crippen molar-refractivity contribution in [3.8, 4) is 0 Å². The third-order valence-corrected chi connectivity index (χ3v) is 3.33. The monoisotopic (exact) mass is 299 g/mol. The van der Waals surface area contributed by atoms with Crippen molar-refractivity contribution in [1.29, 1.82) is 0 Å². The van der Waals surface area contributed by atoms with E-state index in [0.717, 1.165) is 6.54 Å². The van der Waals surface area contributed by atoms with Gasteiger partial charge in [0.25, 0.3) is 5.91 Å². The maximum Gasteiger partial charge on any atom is 0.265 e. The number of nitrogens with one attached hydrogen (secondary N) is 3. The summed E-state index contributed by atoms with van der Waals surface area (Å²) >= 11 is 1.18. The number of carbonyl (C=O) groups is 2. The van der Waals surface area contributed by atoms with Gasteiger partial charge in [-0.15, -0.1) is 0 Å². The fraction of sp³-hybridized carbons (Fsp3) is 0.583. The Morgan fingerprint density at radius 1 is 1.35 bits per heavy atom. The van der Waals surface area contributed by atoms with Gasteiger partial charge in [-0.05, 0) is 12.8 Å². The molecule has 112 valence electrons. The van der Waals surface area contributed by atoms with E-state index in [1.54, 1.807) is 0 Å². The van der Waals surface area contributed by atoms with Crippen LogP contribution in [0.1, 0.15) is 30.4 Å². The SMILES string of the molecule is CCNC(=O)CNC(=O)c1sc(NCC(C)C)nc1N. The molecule has 0 aliphatic rings. The first kappa shape index (κ1) is 16.2. The van der Waals surface area contributed by atoms with E-state index >= 15 is 0 Å². The molecule has 0 fully saturated rings. The van der Waals surface area contributed by atoms with E-state index in [0.29, 0.717) is 22.5 Å². The van der Waals surface area contributed by atoms with Gasteiger partial charge in [-0.25, -0.2) is 4.98 Å². The van der Waals surface area contributed by atoms with Crippen LogP contribution in [0.4, 0.5) is 10.9 Å². The van der Waals surface area contributed by atoms with E-state index in [1.807, 2.05) is 6.92 Å². The topological polar surface area (TPSA) is 109 Å². The summed E-state index contributed by atoms with van der Waals surface area (Å²) in [5, 5.41) is 8.83. The molecule has 1 rings (SSSR count). The number of likely N-dealkylation sites (N-methyl/N-ethyl adjacent to an activating group) is 1. The van der Waals surface area contributed by atoms with Gasteiger partial charge in [-0.3, -0.25) is 9.59 Å². The number of anilines is 2. The fourth-order valence-corrected chi connectivity index (χ4v) is 2.17. The maximum absolute atomic E-state index is 11.9. The molecular formula is C12H21N5O2S. The van der Waals surface area contributed by atoms with Crippen LogP contribution in [-0.4, -0.2) is 36.4 Å². The highest BCUT2D eigenvalue weighted by atomic mass is 32.1. The predicted molar refractivity (Wildman–Crippen MR) is 80.9 cm³/mol. The molecule has 2 amide bonds. The van der Waals surface area contributed by atoms with Crippen molar-refractivity contribution in [3.05, 3.63) is 4.88 Å². The number of rotatable bonds is 7. The Kier molecular flexibility index (Phi) is 6.23. The highest BCUT2D eigenvalue weighted by molar-refractivity contribution is 7.18. The summed E-state index contributed by atoms with van der Waals surface area (Å²) in [4.78, 5) is 27.6. The predicted octanol–water partition coefficient (Wildman–Crippen LogP) is 0.659. The molecule has 20 heavy (non-hydrogen) atoms. The normalized spacial score (nSPS) is 10.4. The Labute approximate surface area is 122 Å². The Morgan fingerprint density at radius 2 is 2.05 bits per heavy atom. The second-order valence-electron chi connectivity index (χ2n) is 4.64. The van der Waals surface area contributed by atoms with Crippen LogP contribution in [0, 0.1) is 5.92 Å². The van der Waals surface area contributed by atoms with E-state index in [1.165, 1.54) is 11.3 Å². The van der Waals surface area contributed by atoms with Crippen molar-refractivity contribution >= 4 is 34.1 Å². The first-order chi connectivity index (χ1) is 9.43. The summed E-state index contributed by atoms with van der Waals surface area (Å²) in [6, 6.07) is 0. The largest absolute Gasteiger partial charge is 0.382 e.